The summed E-state index contributed by atoms with van der Waals surface area (Å²) in [6.07, 6.45) is 6.24. The summed E-state index contributed by atoms with van der Waals surface area (Å²) in [6.45, 7) is 0.830. The lowest BCUT2D eigenvalue weighted by Gasteiger charge is -2.03. The van der Waals surface area contributed by atoms with Crippen LogP contribution in [0.2, 0.25) is 0 Å². The van der Waals surface area contributed by atoms with Gasteiger partial charge in [-0.1, -0.05) is 0 Å². The topological polar surface area (TPSA) is 61.7 Å². The van der Waals surface area contributed by atoms with E-state index in [2.05, 4.69) is 10.2 Å². The van der Waals surface area contributed by atoms with E-state index >= 15 is 0 Å². The van der Waals surface area contributed by atoms with Gasteiger partial charge in [-0.3, -0.25) is 9.36 Å². The van der Waals surface area contributed by atoms with E-state index in [0.29, 0.717) is 0 Å². The largest absolute Gasteiger partial charge is 0.396 e. The molecule has 0 aliphatic carbocycles. The molecule has 0 saturated carbocycles. The summed E-state index contributed by atoms with van der Waals surface area (Å²) in [7, 11) is 1.90. The minimum Gasteiger partial charge on any atom is -0.396 e. The number of hydrogen-bond donors (Lipinski definition) is 1. The molecular weight excluding hydrogens is 178 g/mol. The van der Waals surface area contributed by atoms with E-state index in [9.17, 15) is 0 Å². The number of aromatic nitrogens is 4. The Morgan fingerprint density at radius 3 is 2.86 bits per heavy atom. The Hall–Kier alpha value is -1.78. The highest BCUT2D eigenvalue weighted by Gasteiger charge is 2.04. The van der Waals surface area contributed by atoms with Gasteiger partial charge in [-0.2, -0.15) is 10.2 Å². The predicted octanol–water partition coefficient (Wildman–Crippen LogP) is 0.441. The minimum atomic E-state index is 0.750. The van der Waals surface area contributed by atoms with Crippen LogP contribution in [-0.2, 0) is 20.0 Å². The summed E-state index contributed by atoms with van der Waals surface area (Å²) in [4.78, 5) is 0. The van der Waals surface area contributed by atoms with E-state index in [1.54, 1.807) is 17.1 Å². The molecule has 2 aromatic rings. The first-order chi connectivity index (χ1) is 6.77. The first kappa shape index (κ1) is 8.80. The van der Waals surface area contributed by atoms with E-state index in [-0.39, 0.29) is 0 Å². The monoisotopic (exact) mass is 191 g/mol. The summed E-state index contributed by atoms with van der Waals surface area (Å²) in [5, 5.41) is 8.20. The first-order valence-corrected chi connectivity index (χ1v) is 4.51. The maximum atomic E-state index is 5.77. The number of anilines is 1. The van der Waals surface area contributed by atoms with Crippen LogP contribution in [-0.4, -0.2) is 19.6 Å². The molecule has 2 rings (SSSR count). The lowest BCUT2D eigenvalue weighted by molar-refractivity contribution is 0.587. The molecule has 0 aromatic carbocycles. The van der Waals surface area contributed by atoms with Gasteiger partial charge in [0.2, 0.25) is 0 Å². The maximum absolute atomic E-state index is 5.77. The van der Waals surface area contributed by atoms with Crippen molar-refractivity contribution < 1.29 is 0 Å². The Kier molecular flexibility index (Phi) is 2.22. The van der Waals surface area contributed by atoms with E-state index < -0.39 is 0 Å². The number of rotatable bonds is 3. The van der Waals surface area contributed by atoms with Crippen LogP contribution in [0.25, 0.3) is 0 Å². The molecule has 0 spiro atoms. The highest BCUT2D eigenvalue weighted by Crippen LogP contribution is 2.10. The third-order valence-electron chi connectivity index (χ3n) is 2.23. The zero-order valence-electron chi connectivity index (χ0n) is 8.09. The summed E-state index contributed by atoms with van der Waals surface area (Å²) >= 11 is 0. The van der Waals surface area contributed by atoms with E-state index in [1.165, 1.54) is 0 Å². The van der Waals surface area contributed by atoms with Crippen molar-refractivity contribution in [3.05, 3.63) is 30.4 Å². The van der Waals surface area contributed by atoms with Crippen LogP contribution >= 0.6 is 0 Å². The SMILES string of the molecule is Cn1ncc(N)c1CCn1cccn1. The number of aryl methyl sites for hydroxylation is 2. The molecule has 0 fully saturated rings. The summed E-state index contributed by atoms with van der Waals surface area (Å²) in [5.41, 5.74) is 7.57. The fourth-order valence-electron chi connectivity index (χ4n) is 1.44. The minimum absolute atomic E-state index is 0.750. The van der Waals surface area contributed by atoms with Gasteiger partial charge in [0.25, 0.3) is 0 Å². The highest BCUT2D eigenvalue weighted by atomic mass is 15.3. The smallest absolute Gasteiger partial charge is 0.0733 e. The van der Waals surface area contributed by atoms with Crippen LogP contribution in [0.4, 0.5) is 5.69 Å². The lowest BCUT2D eigenvalue weighted by atomic mass is 10.3. The fourth-order valence-corrected chi connectivity index (χ4v) is 1.44. The van der Waals surface area contributed by atoms with Crippen LogP contribution in [0, 0.1) is 0 Å². The van der Waals surface area contributed by atoms with Gasteiger partial charge in [-0.25, -0.2) is 0 Å². The van der Waals surface area contributed by atoms with Crippen LogP contribution < -0.4 is 5.73 Å². The third kappa shape index (κ3) is 1.61. The lowest BCUT2D eigenvalue weighted by Crippen LogP contribution is -2.07. The average molecular weight is 191 g/mol. The van der Waals surface area contributed by atoms with E-state index in [4.69, 9.17) is 5.73 Å². The van der Waals surface area contributed by atoms with Crippen LogP contribution in [0.1, 0.15) is 5.69 Å². The van der Waals surface area contributed by atoms with E-state index in [0.717, 1.165) is 24.3 Å². The molecule has 0 amide bonds. The van der Waals surface area contributed by atoms with Gasteiger partial charge in [0.1, 0.15) is 0 Å². The molecule has 74 valence electrons. The van der Waals surface area contributed by atoms with Crippen LogP contribution in [0.3, 0.4) is 0 Å². The summed E-state index contributed by atoms with van der Waals surface area (Å²) in [5.74, 6) is 0. The zero-order valence-corrected chi connectivity index (χ0v) is 8.09. The van der Waals surface area contributed by atoms with Gasteiger partial charge < -0.3 is 5.73 Å². The van der Waals surface area contributed by atoms with Crippen molar-refractivity contribution in [2.75, 3.05) is 5.73 Å². The van der Waals surface area contributed by atoms with Gasteiger partial charge in [-0.05, 0) is 6.07 Å². The summed E-state index contributed by atoms with van der Waals surface area (Å²) < 4.78 is 3.69. The highest BCUT2D eigenvalue weighted by molar-refractivity contribution is 5.40. The molecule has 2 N–H and O–H groups in total. The maximum Gasteiger partial charge on any atom is 0.0733 e. The molecule has 0 atom stereocenters. The van der Waals surface area contributed by atoms with Gasteiger partial charge >= 0.3 is 0 Å². The second-order valence-electron chi connectivity index (χ2n) is 3.19. The molecule has 0 aliphatic rings. The number of nitrogens with two attached hydrogens (primary N) is 1. The molecule has 14 heavy (non-hydrogen) atoms. The summed E-state index contributed by atoms with van der Waals surface area (Å²) in [6, 6.07) is 1.91. The molecule has 0 radical (unpaired) electrons. The molecular formula is C9H13N5. The Balaban J connectivity index is 2.05. The van der Waals surface area contributed by atoms with Crippen molar-refractivity contribution in [1.82, 2.24) is 19.6 Å². The number of nitrogens with zero attached hydrogens (tertiary/aromatic N) is 4. The quantitative estimate of drug-likeness (QED) is 0.765. The van der Waals surface area contributed by atoms with Crippen LogP contribution in [0.15, 0.2) is 24.7 Å². The Bertz CT molecular complexity index is 381. The van der Waals surface area contributed by atoms with E-state index in [1.807, 2.05) is 24.0 Å². The van der Waals surface area contributed by atoms with Gasteiger partial charge in [0.15, 0.2) is 0 Å². The fraction of sp³-hybridized carbons (Fsp3) is 0.333. The Morgan fingerprint density at radius 1 is 1.43 bits per heavy atom. The molecule has 0 bridgehead atoms. The number of nitrogen functional groups attached to an aromatic ring is 1. The van der Waals surface area contributed by atoms with Gasteiger partial charge in [0, 0.05) is 32.4 Å². The van der Waals surface area contributed by atoms with Crippen molar-refractivity contribution >= 4 is 5.69 Å². The van der Waals surface area contributed by atoms with Crippen molar-refractivity contribution in [1.29, 1.82) is 0 Å². The molecule has 0 saturated heterocycles. The zero-order chi connectivity index (χ0) is 9.97. The van der Waals surface area contributed by atoms with Crippen molar-refractivity contribution in [2.45, 2.75) is 13.0 Å². The van der Waals surface area contributed by atoms with Gasteiger partial charge in [-0.15, -0.1) is 0 Å². The first-order valence-electron chi connectivity index (χ1n) is 4.51. The molecule has 0 aliphatic heterocycles. The molecule has 2 aromatic heterocycles. The normalized spacial score (nSPS) is 10.6. The van der Waals surface area contributed by atoms with Crippen molar-refractivity contribution in [2.24, 2.45) is 7.05 Å². The molecule has 0 unspecified atom stereocenters. The molecule has 5 nitrogen and oxygen atoms in total. The predicted molar refractivity (Wildman–Crippen MR) is 53.6 cm³/mol. The molecule has 2 heterocycles. The van der Waals surface area contributed by atoms with Crippen LogP contribution in [0.5, 0.6) is 0 Å². The van der Waals surface area contributed by atoms with Crippen molar-refractivity contribution in [3.63, 3.8) is 0 Å². The average Bonchev–Trinajstić information content (AvgIpc) is 2.76. The number of hydrogen-bond acceptors (Lipinski definition) is 3. The standard InChI is InChI=1S/C9H13N5/c1-13-9(8(10)7-12-13)3-6-14-5-2-4-11-14/h2,4-5,7H,3,6,10H2,1H3. The second-order valence-corrected chi connectivity index (χ2v) is 3.19. The molecule has 5 heteroatoms. The Labute approximate surface area is 82.1 Å². The Morgan fingerprint density at radius 2 is 2.29 bits per heavy atom. The second kappa shape index (κ2) is 3.53. The van der Waals surface area contributed by atoms with Gasteiger partial charge in [0.05, 0.1) is 17.6 Å². The van der Waals surface area contributed by atoms with Crippen molar-refractivity contribution in [3.8, 4) is 0 Å². The third-order valence-corrected chi connectivity index (χ3v) is 2.23.